The molecule has 2 rings (SSSR count). The predicted octanol–water partition coefficient (Wildman–Crippen LogP) is 2.31. The Balaban J connectivity index is 2.26. The summed E-state index contributed by atoms with van der Waals surface area (Å²) >= 11 is 5.34. The van der Waals surface area contributed by atoms with Crippen LogP contribution in [0.3, 0.4) is 0 Å². The first-order valence-electron chi connectivity index (χ1n) is 6.87. The van der Waals surface area contributed by atoms with Crippen molar-refractivity contribution in [2.45, 2.75) is 20.4 Å². The van der Waals surface area contributed by atoms with Crippen LogP contribution in [0.15, 0.2) is 24.7 Å². The van der Waals surface area contributed by atoms with Gasteiger partial charge in [0.05, 0.1) is 13.2 Å². The van der Waals surface area contributed by atoms with E-state index in [1.165, 1.54) is 0 Å². The van der Waals surface area contributed by atoms with Crippen molar-refractivity contribution < 1.29 is 4.74 Å². The average Bonchev–Trinajstić information content (AvgIpc) is 2.50. The summed E-state index contributed by atoms with van der Waals surface area (Å²) in [7, 11) is 1.93. The largest absolute Gasteiger partial charge is 0.478 e. The van der Waals surface area contributed by atoms with Gasteiger partial charge in [0.15, 0.2) is 0 Å². The molecule has 0 saturated heterocycles. The number of rotatable bonds is 6. The van der Waals surface area contributed by atoms with Crippen LogP contribution < -0.4 is 9.64 Å². The smallest absolute Gasteiger partial charge is 0.229 e. The van der Waals surface area contributed by atoms with Crippen molar-refractivity contribution in [1.82, 2.24) is 19.5 Å². The Bertz CT molecular complexity index is 658. The summed E-state index contributed by atoms with van der Waals surface area (Å²) in [4.78, 5) is 14.9. The molecule has 112 valence electrons. The van der Waals surface area contributed by atoms with Crippen molar-refractivity contribution >= 4 is 18.2 Å². The topological polar surface area (TPSA) is 56.1 Å². The first kappa shape index (κ1) is 15.4. The van der Waals surface area contributed by atoms with E-state index in [0.29, 0.717) is 29.8 Å². The number of anilines is 1. The van der Waals surface area contributed by atoms with Crippen LogP contribution in [-0.2, 0) is 6.54 Å². The van der Waals surface area contributed by atoms with Gasteiger partial charge in [0.25, 0.3) is 0 Å². The molecule has 2 aromatic heterocycles. The Hall–Kier alpha value is -2.02. The van der Waals surface area contributed by atoms with E-state index in [9.17, 15) is 0 Å². The van der Waals surface area contributed by atoms with E-state index in [-0.39, 0.29) is 0 Å². The second-order valence-electron chi connectivity index (χ2n) is 4.48. The van der Waals surface area contributed by atoms with E-state index in [4.69, 9.17) is 17.0 Å². The summed E-state index contributed by atoms with van der Waals surface area (Å²) in [6.07, 6.45) is 3.42. The molecular formula is C14H19N5OS. The molecule has 0 atom stereocenters. The maximum atomic E-state index is 5.52. The zero-order valence-electron chi connectivity index (χ0n) is 12.5. The van der Waals surface area contributed by atoms with Crippen molar-refractivity contribution in [2.75, 3.05) is 25.1 Å². The summed E-state index contributed by atoms with van der Waals surface area (Å²) in [5.74, 6) is 1.26. The van der Waals surface area contributed by atoms with Gasteiger partial charge in [-0.1, -0.05) is 6.07 Å². The van der Waals surface area contributed by atoms with Gasteiger partial charge in [0.1, 0.15) is 6.33 Å². The van der Waals surface area contributed by atoms with E-state index < -0.39 is 0 Å². The van der Waals surface area contributed by atoms with Gasteiger partial charge >= 0.3 is 0 Å². The van der Waals surface area contributed by atoms with E-state index in [1.807, 2.05) is 42.5 Å². The van der Waals surface area contributed by atoms with Crippen LogP contribution in [0.5, 0.6) is 5.88 Å². The minimum Gasteiger partial charge on any atom is -0.478 e. The maximum absolute atomic E-state index is 5.52. The third-order valence-electron chi connectivity index (χ3n) is 3.04. The van der Waals surface area contributed by atoms with Gasteiger partial charge < -0.3 is 14.2 Å². The van der Waals surface area contributed by atoms with Gasteiger partial charge in [-0.2, -0.15) is 4.98 Å². The van der Waals surface area contributed by atoms with E-state index in [2.05, 4.69) is 15.0 Å². The van der Waals surface area contributed by atoms with Crippen molar-refractivity contribution in [2.24, 2.45) is 0 Å². The third-order valence-corrected chi connectivity index (χ3v) is 3.37. The number of hydrogen-bond donors (Lipinski definition) is 0. The van der Waals surface area contributed by atoms with Gasteiger partial charge in [-0.3, -0.25) is 0 Å². The van der Waals surface area contributed by atoms with E-state index in [1.54, 1.807) is 12.5 Å². The second-order valence-corrected chi connectivity index (χ2v) is 4.85. The molecule has 0 unspecified atom stereocenters. The molecule has 0 aromatic carbocycles. The molecule has 0 aliphatic heterocycles. The predicted molar refractivity (Wildman–Crippen MR) is 84.3 cm³/mol. The highest BCUT2D eigenvalue weighted by Crippen LogP contribution is 2.16. The maximum Gasteiger partial charge on any atom is 0.229 e. The Kier molecular flexibility index (Phi) is 5.21. The van der Waals surface area contributed by atoms with Gasteiger partial charge in [-0.05, 0) is 32.1 Å². The first-order chi connectivity index (χ1) is 10.2. The monoisotopic (exact) mass is 305 g/mol. The van der Waals surface area contributed by atoms with Crippen molar-refractivity contribution in [3.63, 3.8) is 0 Å². The molecule has 0 fully saturated rings. The van der Waals surface area contributed by atoms with Crippen molar-refractivity contribution in [3.8, 4) is 5.88 Å². The highest BCUT2D eigenvalue weighted by atomic mass is 32.1. The number of ether oxygens (including phenoxy) is 1. The van der Waals surface area contributed by atoms with Crippen LogP contribution in [0, 0.1) is 4.77 Å². The molecule has 0 spiro atoms. The fraction of sp³-hybridized carbons (Fsp3) is 0.429. The Morgan fingerprint density at radius 2 is 2.14 bits per heavy atom. The zero-order valence-corrected chi connectivity index (χ0v) is 13.3. The van der Waals surface area contributed by atoms with Crippen LogP contribution in [0.25, 0.3) is 0 Å². The van der Waals surface area contributed by atoms with Crippen LogP contribution in [-0.4, -0.2) is 39.7 Å². The molecule has 7 heteroatoms. The van der Waals surface area contributed by atoms with Gasteiger partial charge in [-0.15, -0.1) is 0 Å². The van der Waals surface area contributed by atoms with Crippen molar-refractivity contribution in [1.29, 1.82) is 0 Å². The molecule has 0 N–H and O–H groups in total. The normalized spacial score (nSPS) is 10.4. The summed E-state index contributed by atoms with van der Waals surface area (Å²) in [6.45, 7) is 5.92. The molecule has 21 heavy (non-hydrogen) atoms. The van der Waals surface area contributed by atoms with Crippen molar-refractivity contribution in [3.05, 3.63) is 35.0 Å². The summed E-state index contributed by atoms with van der Waals surface area (Å²) in [5.41, 5.74) is 0.954. The van der Waals surface area contributed by atoms with Gasteiger partial charge in [-0.25, -0.2) is 9.97 Å². The lowest BCUT2D eigenvalue weighted by Gasteiger charge is -2.15. The van der Waals surface area contributed by atoms with E-state index >= 15 is 0 Å². The first-order valence-corrected chi connectivity index (χ1v) is 7.27. The zero-order chi connectivity index (χ0) is 15.2. The lowest BCUT2D eigenvalue weighted by atomic mass is 10.2. The molecule has 6 nitrogen and oxygen atoms in total. The minimum atomic E-state index is 0.492. The average molecular weight is 305 g/mol. The summed E-state index contributed by atoms with van der Waals surface area (Å²) in [6, 6.07) is 3.84. The number of pyridine rings is 1. The second kappa shape index (κ2) is 7.12. The molecular weight excluding hydrogens is 286 g/mol. The SMILES string of the molecule is CCOc1ncccc1Cn1cnc(N(C)CC)nc1=S. The number of aromatic nitrogens is 4. The molecule has 0 bridgehead atoms. The summed E-state index contributed by atoms with van der Waals surface area (Å²) < 4.78 is 7.82. The lowest BCUT2D eigenvalue weighted by Crippen LogP contribution is -2.20. The van der Waals surface area contributed by atoms with Crippen LogP contribution in [0.4, 0.5) is 5.95 Å². The molecule has 2 aromatic rings. The fourth-order valence-electron chi connectivity index (χ4n) is 1.78. The quantitative estimate of drug-likeness (QED) is 0.763. The van der Waals surface area contributed by atoms with Gasteiger partial charge in [0, 0.05) is 25.4 Å². The lowest BCUT2D eigenvalue weighted by molar-refractivity contribution is 0.322. The van der Waals surface area contributed by atoms with Crippen LogP contribution in [0.2, 0.25) is 0 Å². The van der Waals surface area contributed by atoms with E-state index in [0.717, 1.165) is 12.1 Å². The standard InChI is InChI=1S/C14H19N5OS/c1-4-18(3)13-16-10-19(14(21)17-13)9-11-7-6-8-15-12(11)20-5-2/h6-8,10H,4-5,9H2,1-3H3. The Morgan fingerprint density at radius 3 is 2.81 bits per heavy atom. The number of hydrogen-bond acceptors (Lipinski definition) is 6. The Labute approximate surface area is 129 Å². The molecule has 0 aliphatic rings. The molecule has 0 saturated carbocycles. The molecule has 0 radical (unpaired) electrons. The van der Waals surface area contributed by atoms with Crippen LogP contribution in [0.1, 0.15) is 19.4 Å². The minimum absolute atomic E-state index is 0.492. The third kappa shape index (κ3) is 3.75. The fourth-order valence-corrected chi connectivity index (χ4v) is 1.97. The van der Waals surface area contributed by atoms with Gasteiger partial charge in [0.2, 0.25) is 16.6 Å². The Morgan fingerprint density at radius 1 is 1.33 bits per heavy atom. The van der Waals surface area contributed by atoms with Crippen LogP contribution >= 0.6 is 12.2 Å². The molecule has 0 aliphatic carbocycles. The highest BCUT2D eigenvalue weighted by Gasteiger charge is 2.07. The molecule has 2 heterocycles. The summed E-state index contributed by atoms with van der Waals surface area (Å²) in [5, 5.41) is 0. The highest BCUT2D eigenvalue weighted by molar-refractivity contribution is 7.71. The molecule has 0 amide bonds. The number of nitrogens with zero attached hydrogens (tertiary/aromatic N) is 5.